The molecule has 0 atom stereocenters. The molecule has 1 aliphatic heterocycles. The first-order valence-corrected chi connectivity index (χ1v) is 10.7. The Kier molecular flexibility index (Phi) is 6.92. The van der Waals surface area contributed by atoms with E-state index in [2.05, 4.69) is 14.9 Å². The van der Waals surface area contributed by atoms with Crippen molar-refractivity contribution in [1.29, 1.82) is 0 Å². The number of nitrogens with zero attached hydrogens (tertiary/aromatic N) is 4. The van der Waals surface area contributed by atoms with Crippen molar-refractivity contribution in [1.82, 2.24) is 14.9 Å². The van der Waals surface area contributed by atoms with Crippen molar-refractivity contribution in [3.63, 3.8) is 0 Å². The number of likely N-dealkylation sites (tertiary alicyclic amines) is 1. The summed E-state index contributed by atoms with van der Waals surface area (Å²) in [7, 11) is 0. The quantitative estimate of drug-likeness (QED) is 0.362. The van der Waals surface area contributed by atoms with Gasteiger partial charge in [0.15, 0.2) is 0 Å². The van der Waals surface area contributed by atoms with Gasteiger partial charge in [-0.05, 0) is 50.2 Å². The van der Waals surface area contributed by atoms with Crippen molar-refractivity contribution in [3.05, 3.63) is 92.6 Å². The standard InChI is InChI=1S/C23H22ClFN4O3/c24-18-5-4-17(21(25)12-18)15-32-23-3-1-2-22(27-23)16-8-10-28(11-9-16)14-19-6-7-20(13-26-19)29(30)31/h1-7,12-13,16H,8-11,14-15H2. The molecule has 166 valence electrons. The Morgan fingerprint density at radius 1 is 1.19 bits per heavy atom. The van der Waals surface area contributed by atoms with E-state index in [0.717, 1.165) is 37.3 Å². The van der Waals surface area contributed by atoms with Crippen molar-refractivity contribution in [2.24, 2.45) is 0 Å². The van der Waals surface area contributed by atoms with Crippen molar-refractivity contribution >= 4 is 17.3 Å². The Morgan fingerprint density at radius 3 is 2.69 bits per heavy atom. The van der Waals surface area contributed by atoms with Crippen LogP contribution in [0.25, 0.3) is 0 Å². The highest BCUT2D eigenvalue weighted by Crippen LogP contribution is 2.29. The molecule has 0 aliphatic carbocycles. The molecule has 0 amide bonds. The van der Waals surface area contributed by atoms with Crippen LogP contribution in [0.4, 0.5) is 10.1 Å². The first-order chi connectivity index (χ1) is 15.5. The number of benzene rings is 1. The van der Waals surface area contributed by atoms with E-state index >= 15 is 0 Å². The van der Waals surface area contributed by atoms with Gasteiger partial charge in [-0.1, -0.05) is 23.7 Å². The van der Waals surface area contributed by atoms with Crippen LogP contribution in [-0.4, -0.2) is 32.9 Å². The fourth-order valence-corrected chi connectivity index (χ4v) is 3.92. The largest absolute Gasteiger partial charge is 0.473 e. The Hall–Kier alpha value is -3.10. The van der Waals surface area contributed by atoms with Crippen LogP contribution in [0.15, 0.2) is 54.7 Å². The zero-order chi connectivity index (χ0) is 22.5. The molecular formula is C23H22ClFN4O3. The summed E-state index contributed by atoms with van der Waals surface area (Å²) < 4.78 is 19.7. The second-order valence-electron chi connectivity index (χ2n) is 7.74. The van der Waals surface area contributed by atoms with Gasteiger partial charge < -0.3 is 4.74 Å². The lowest BCUT2D eigenvalue weighted by Crippen LogP contribution is -2.33. The third-order valence-electron chi connectivity index (χ3n) is 5.55. The first-order valence-electron chi connectivity index (χ1n) is 10.3. The van der Waals surface area contributed by atoms with Crippen LogP contribution in [0.2, 0.25) is 5.02 Å². The minimum Gasteiger partial charge on any atom is -0.473 e. The van der Waals surface area contributed by atoms with E-state index in [1.165, 1.54) is 18.3 Å². The molecule has 3 heterocycles. The fraction of sp³-hybridized carbons (Fsp3) is 0.304. The van der Waals surface area contributed by atoms with Gasteiger partial charge in [-0.25, -0.2) is 9.37 Å². The summed E-state index contributed by atoms with van der Waals surface area (Å²) in [4.78, 5) is 21.4. The lowest BCUT2D eigenvalue weighted by atomic mass is 9.93. The van der Waals surface area contributed by atoms with E-state index < -0.39 is 10.7 Å². The van der Waals surface area contributed by atoms with Gasteiger partial charge in [0.1, 0.15) is 18.6 Å². The molecule has 0 N–H and O–H groups in total. The van der Waals surface area contributed by atoms with Crippen LogP contribution in [0.1, 0.15) is 35.7 Å². The molecule has 1 saturated heterocycles. The van der Waals surface area contributed by atoms with Crippen LogP contribution in [-0.2, 0) is 13.2 Å². The highest BCUT2D eigenvalue weighted by molar-refractivity contribution is 6.30. The topological polar surface area (TPSA) is 81.4 Å². The molecule has 1 aromatic carbocycles. The Morgan fingerprint density at radius 2 is 2.00 bits per heavy atom. The van der Waals surface area contributed by atoms with Crippen LogP contribution in [0, 0.1) is 15.9 Å². The van der Waals surface area contributed by atoms with E-state index in [1.807, 2.05) is 12.1 Å². The Labute approximate surface area is 190 Å². The number of ether oxygens (including phenoxy) is 1. The van der Waals surface area contributed by atoms with Crippen molar-refractivity contribution in [2.75, 3.05) is 13.1 Å². The maximum Gasteiger partial charge on any atom is 0.287 e. The molecule has 0 bridgehead atoms. The molecule has 7 nitrogen and oxygen atoms in total. The van der Waals surface area contributed by atoms with Crippen LogP contribution >= 0.6 is 11.6 Å². The molecule has 3 aromatic rings. The van der Waals surface area contributed by atoms with Crippen LogP contribution in [0.5, 0.6) is 5.88 Å². The van der Waals surface area contributed by atoms with Gasteiger partial charge in [0.25, 0.3) is 5.69 Å². The van der Waals surface area contributed by atoms with E-state index in [0.29, 0.717) is 28.9 Å². The third-order valence-corrected chi connectivity index (χ3v) is 5.78. The number of rotatable bonds is 7. The summed E-state index contributed by atoms with van der Waals surface area (Å²) in [5.41, 5.74) is 2.21. The number of pyridine rings is 2. The van der Waals surface area contributed by atoms with E-state index in [1.54, 1.807) is 24.3 Å². The third kappa shape index (κ3) is 5.57. The van der Waals surface area contributed by atoms with Crippen LogP contribution in [0.3, 0.4) is 0 Å². The van der Waals surface area contributed by atoms with E-state index in [9.17, 15) is 14.5 Å². The molecule has 0 spiro atoms. The number of hydrogen-bond donors (Lipinski definition) is 0. The van der Waals surface area contributed by atoms with Gasteiger partial charge in [-0.3, -0.25) is 20.0 Å². The maximum atomic E-state index is 13.9. The summed E-state index contributed by atoms with van der Waals surface area (Å²) in [5.74, 6) is 0.379. The summed E-state index contributed by atoms with van der Waals surface area (Å²) in [5, 5.41) is 11.1. The summed E-state index contributed by atoms with van der Waals surface area (Å²) in [6.45, 7) is 2.51. The van der Waals surface area contributed by atoms with E-state index in [-0.39, 0.29) is 12.3 Å². The smallest absolute Gasteiger partial charge is 0.287 e. The van der Waals surface area contributed by atoms with Crippen molar-refractivity contribution < 1.29 is 14.1 Å². The lowest BCUT2D eigenvalue weighted by Gasteiger charge is -2.31. The highest BCUT2D eigenvalue weighted by Gasteiger charge is 2.22. The highest BCUT2D eigenvalue weighted by atomic mass is 35.5. The molecule has 32 heavy (non-hydrogen) atoms. The molecule has 1 aliphatic rings. The van der Waals surface area contributed by atoms with Crippen molar-refractivity contribution in [3.8, 4) is 5.88 Å². The number of aromatic nitrogens is 2. The number of hydrogen-bond acceptors (Lipinski definition) is 6. The molecule has 4 rings (SSSR count). The van der Waals surface area contributed by atoms with Gasteiger partial charge in [0.2, 0.25) is 5.88 Å². The normalized spacial score (nSPS) is 14.9. The van der Waals surface area contributed by atoms with E-state index in [4.69, 9.17) is 16.3 Å². The van der Waals surface area contributed by atoms with Gasteiger partial charge in [-0.15, -0.1) is 0 Å². The molecule has 1 fully saturated rings. The van der Waals surface area contributed by atoms with Crippen molar-refractivity contribution in [2.45, 2.75) is 31.9 Å². The second kappa shape index (κ2) is 10.0. The minimum absolute atomic E-state index is 0.000524. The molecule has 0 radical (unpaired) electrons. The Bertz CT molecular complexity index is 1090. The predicted molar refractivity (Wildman–Crippen MR) is 118 cm³/mol. The zero-order valence-corrected chi connectivity index (χ0v) is 18.0. The Balaban J connectivity index is 1.31. The molecular weight excluding hydrogens is 435 g/mol. The zero-order valence-electron chi connectivity index (χ0n) is 17.3. The molecule has 0 saturated carbocycles. The molecule has 2 aromatic heterocycles. The number of nitro groups is 1. The first kappa shape index (κ1) is 22.1. The number of halogens is 2. The minimum atomic E-state index is -0.445. The lowest BCUT2D eigenvalue weighted by molar-refractivity contribution is -0.385. The van der Waals surface area contributed by atoms with Gasteiger partial charge >= 0.3 is 0 Å². The monoisotopic (exact) mass is 456 g/mol. The maximum absolute atomic E-state index is 13.9. The van der Waals surface area contributed by atoms with Gasteiger partial charge in [0.05, 0.1) is 10.6 Å². The summed E-state index contributed by atoms with van der Waals surface area (Å²) >= 11 is 5.79. The molecule has 9 heteroatoms. The summed E-state index contributed by atoms with van der Waals surface area (Å²) in [6.07, 6.45) is 3.18. The average Bonchev–Trinajstić information content (AvgIpc) is 2.79. The van der Waals surface area contributed by atoms with Crippen LogP contribution < -0.4 is 4.74 Å². The molecule has 0 unspecified atom stereocenters. The fourth-order valence-electron chi connectivity index (χ4n) is 3.76. The second-order valence-corrected chi connectivity index (χ2v) is 8.18. The van der Waals surface area contributed by atoms with Gasteiger partial charge in [-0.2, -0.15) is 0 Å². The van der Waals surface area contributed by atoms with Gasteiger partial charge in [0, 0.05) is 40.9 Å². The SMILES string of the molecule is O=[N+]([O-])c1ccc(CN2CCC(c3cccc(OCc4ccc(Cl)cc4F)n3)CC2)nc1. The average molecular weight is 457 g/mol. The predicted octanol–water partition coefficient (Wildman–Crippen LogP) is 5.14. The number of piperidine rings is 1. The summed E-state index contributed by atoms with van der Waals surface area (Å²) in [6, 6.07) is 13.4.